The van der Waals surface area contributed by atoms with Crippen LogP contribution in [0.4, 0.5) is 0 Å². The summed E-state index contributed by atoms with van der Waals surface area (Å²) < 4.78 is 22.6. The first-order valence-corrected chi connectivity index (χ1v) is 9.08. The van der Waals surface area contributed by atoms with E-state index in [9.17, 15) is 8.42 Å². The first kappa shape index (κ1) is 15.6. The van der Waals surface area contributed by atoms with Crippen molar-refractivity contribution in [3.63, 3.8) is 0 Å². The molecule has 0 saturated carbocycles. The van der Waals surface area contributed by atoms with Gasteiger partial charge in [-0.2, -0.15) is 0 Å². The van der Waals surface area contributed by atoms with Gasteiger partial charge in [0.1, 0.15) is 10.8 Å². The summed E-state index contributed by atoms with van der Waals surface area (Å²) in [6.45, 7) is 8.04. The summed E-state index contributed by atoms with van der Waals surface area (Å²) in [6, 6.07) is 0. The second-order valence-electron chi connectivity index (χ2n) is 4.82. The molecule has 18 heavy (non-hydrogen) atoms. The SMILES string of the molecule is CCCNCc1sc(CS(C)(=O)=O)nc1C(C)C. The van der Waals surface area contributed by atoms with Crippen LogP contribution in [-0.4, -0.2) is 26.2 Å². The molecule has 0 saturated heterocycles. The highest BCUT2D eigenvalue weighted by Gasteiger charge is 2.16. The van der Waals surface area contributed by atoms with Gasteiger partial charge in [0.05, 0.1) is 5.69 Å². The molecule has 1 aromatic heterocycles. The lowest BCUT2D eigenvalue weighted by Crippen LogP contribution is -2.14. The molecule has 0 aliphatic heterocycles. The van der Waals surface area contributed by atoms with Gasteiger partial charge >= 0.3 is 0 Å². The van der Waals surface area contributed by atoms with Crippen molar-refractivity contribution >= 4 is 21.2 Å². The maximum atomic E-state index is 11.3. The van der Waals surface area contributed by atoms with Crippen molar-refractivity contribution in [3.8, 4) is 0 Å². The monoisotopic (exact) mass is 290 g/mol. The fourth-order valence-electron chi connectivity index (χ4n) is 1.66. The summed E-state index contributed by atoms with van der Waals surface area (Å²) in [4.78, 5) is 5.64. The van der Waals surface area contributed by atoms with E-state index in [2.05, 4.69) is 31.1 Å². The lowest BCUT2D eigenvalue weighted by atomic mass is 10.1. The van der Waals surface area contributed by atoms with E-state index < -0.39 is 9.84 Å². The molecule has 4 nitrogen and oxygen atoms in total. The third-order valence-corrected chi connectivity index (χ3v) is 4.47. The number of hydrogen-bond donors (Lipinski definition) is 1. The third-order valence-electron chi connectivity index (χ3n) is 2.42. The molecular weight excluding hydrogens is 268 g/mol. The Labute approximate surface area is 114 Å². The van der Waals surface area contributed by atoms with Crippen LogP contribution in [0, 0.1) is 0 Å². The van der Waals surface area contributed by atoms with E-state index in [1.807, 2.05) is 0 Å². The van der Waals surface area contributed by atoms with Crippen LogP contribution < -0.4 is 5.32 Å². The fraction of sp³-hybridized carbons (Fsp3) is 0.750. The molecule has 1 N–H and O–H groups in total. The summed E-state index contributed by atoms with van der Waals surface area (Å²) in [5.74, 6) is 0.374. The summed E-state index contributed by atoms with van der Waals surface area (Å²) in [5.41, 5.74) is 1.03. The molecule has 104 valence electrons. The van der Waals surface area contributed by atoms with Crippen LogP contribution in [-0.2, 0) is 22.1 Å². The van der Waals surface area contributed by atoms with Gasteiger partial charge in [-0.25, -0.2) is 13.4 Å². The van der Waals surface area contributed by atoms with Gasteiger partial charge in [-0.05, 0) is 18.9 Å². The maximum absolute atomic E-state index is 11.3. The molecule has 0 fully saturated rings. The minimum atomic E-state index is -3.00. The number of sulfone groups is 1. The van der Waals surface area contributed by atoms with Gasteiger partial charge in [0.25, 0.3) is 0 Å². The van der Waals surface area contributed by atoms with E-state index in [1.165, 1.54) is 17.6 Å². The molecule has 0 unspecified atom stereocenters. The van der Waals surface area contributed by atoms with Gasteiger partial charge in [-0.1, -0.05) is 20.8 Å². The van der Waals surface area contributed by atoms with E-state index in [0.717, 1.165) is 30.1 Å². The van der Waals surface area contributed by atoms with Crippen molar-refractivity contribution in [1.82, 2.24) is 10.3 Å². The fourth-order valence-corrected chi connectivity index (χ4v) is 4.04. The Balaban J connectivity index is 2.87. The summed E-state index contributed by atoms with van der Waals surface area (Å²) in [7, 11) is -3.00. The zero-order chi connectivity index (χ0) is 13.8. The molecule has 1 aromatic rings. The molecule has 0 bridgehead atoms. The van der Waals surface area contributed by atoms with Crippen molar-refractivity contribution in [3.05, 3.63) is 15.6 Å². The van der Waals surface area contributed by atoms with Crippen molar-refractivity contribution in [1.29, 1.82) is 0 Å². The Morgan fingerprint density at radius 2 is 2.06 bits per heavy atom. The van der Waals surface area contributed by atoms with E-state index in [-0.39, 0.29) is 5.75 Å². The van der Waals surface area contributed by atoms with E-state index >= 15 is 0 Å². The van der Waals surface area contributed by atoms with Crippen LogP contribution in [0.15, 0.2) is 0 Å². The Kier molecular flexibility index (Phi) is 5.75. The highest BCUT2D eigenvalue weighted by atomic mass is 32.2. The Hall–Kier alpha value is -0.460. The number of thiazole rings is 1. The molecule has 0 atom stereocenters. The number of aromatic nitrogens is 1. The second kappa shape index (κ2) is 6.63. The van der Waals surface area contributed by atoms with Gasteiger partial charge in [0.2, 0.25) is 0 Å². The smallest absolute Gasteiger partial charge is 0.153 e. The van der Waals surface area contributed by atoms with E-state index in [4.69, 9.17) is 0 Å². The Bertz CT molecular complexity index is 478. The molecular formula is C12H22N2O2S2. The number of rotatable bonds is 7. The predicted molar refractivity (Wildman–Crippen MR) is 76.7 cm³/mol. The van der Waals surface area contributed by atoms with Crippen LogP contribution in [0.1, 0.15) is 48.7 Å². The van der Waals surface area contributed by atoms with Crippen LogP contribution in [0.2, 0.25) is 0 Å². The molecule has 0 radical (unpaired) electrons. The average Bonchev–Trinajstić information content (AvgIpc) is 2.59. The molecule has 0 amide bonds. The molecule has 0 aliphatic rings. The predicted octanol–water partition coefficient (Wildman–Crippen LogP) is 2.31. The molecule has 1 rings (SSSR count). The average molecular weight is 290 g/mol. The number of nitrogens with one attached hydrogen (secondary N) is 1. The van der Waals surface area contributed by atoms with Gasteiger partial charge in [-0.15, -0.1) is 11.3 Å². The minimum Gasteiger partial charge on any atom is -0.312 e. The van der Waals surface area contributed by atoms with Gasteiger partial charge in [0.15, 0.2) is 9.84 Å². The summed E-state index contributed by atoms with van der Waals surface area (Å²) in [6.07, 6.45) is 2.34. The van der Waals surface area contributed by atoms with E-state index in [1.54, 1.807) is 0 Å². The van der Waals surface area contributed by atoms with Gasteiger partial charge < -0.3 is 5.32 Å². The molecule has 1 heterocycles. The molecule has 0 aromatic carbocycles. The quantitative estimate of drug-likeness (QED) is 0.783. The first-order chi connectivity index (χ1) is 8.33. The summed E-state index contributed by atoms with van der Waals surface area (Å²) >= 11 is 1.51. The largest absolute Gasteiger partial charge is 0.312 e. The zero-order valence-electron chi connectivity index (χ0n) is 11.5. The second-order valence-corrected chi connectivity index (χ2v) is 8.13. The maximum Gasteiger partial charge on any atom is 0.153 e. The van der Waals surface area contributed by atoms with E-state index in [0.29, 0.717) is 10.9 Å². The zero-order valence-corrected chi connectivity index (χ0v) is 13.1. The normalized spacial score (nSPS) is 12.3. The number of nitrogens with zero attached hydrogens (tertiary/aromatic N) is 1. The van der Waals surface area contributed by atoms with Crippen LogP contribution in [0.3, 0.4) is 0 Å². The highest BCUT2D eigenvalue weighted by Crippen LogP contribution is 2.26. The summed E-state index contributed by atoms with van der Waals surface area (Å²) in [5, 5.41) is 4.05. The highest BCUT2D eigenvalue weighted by molar-refractivity contribution is 7.90. The lowest BCUT2D eigenvalue weighted by molar-refractivity contribution is 0.601. The van der Waals surface area contributed by atoms with Crippen LogP contribution in [0.5, 0.6) is 0 Å². The Morgan fingerprint density at radius 3 is 2.56 bits per heavy atom. The number of hydrogen-bond acceptors (Lipinski definition) is 5. The Morgan fingerprint density at radius 1 is 1.39 bits per heavy atom. The molecule has 0 spiro atoms. The van der Waals surface area contributed by atoms with Crippen molar-refractivity contribution in [2.75, 3.05) is 12.8 Å². The van der Waals surface area contributed by atoms with Gasteiger partial charge in [0, 0.05) is 17.7 Å². The van der Waals surface area contributed by atoms with Crippen molar-refractivity contribution < 1.29 is 8.42 Å². The van der Waals surface area contributed by atoms with Crippen LogP contribution in [0.25, 0.3) is 0 Å². The molecule has 0 aliphatic carbocycles. The first-order valence-electron chi connectivity index (χ1n) is 6.20. The molecule has 6 heteroatoms. The lowest BCUT2D eigenvalue weighted by Gasteiger charge is -2.05. The van der Waals surface area contributed by atoms with Crippen molar-refractivity contribution in [2.24, 2.45) is 0 Å². The van der Waals surface area contributed by atoms with Crippen molar-refractivity contribution in [2.45, 2.75) is 45.4 Å². The standard InChI is InChI=1S/C12H22N2O2S2/c1-5-6-13-7-10-12(9(2)3)14-11(17-10)8-18(4,15)16/h9,13H,5-8H2,1-4H3. The third kappa shape index (κ3) is 5.04. The minimum absolute atomic E-state index is 0.0468. The van der Waals surface area contributed by atoms with Crippen LogP contribution >= 0.6 is 11.3 Å². The van der Waals surface area contributed by atoms with Gasteiger partial charge in [-0.3, -0.25) is 0 Å². The topological polar surface area (TPSA) is 59.1 Å².